The first kappa shape index (κ1) is 24.8. The maximum atomic E-state index is 13.4. The number of fused-ring (bicyclic) bond motifs is 3. The third-order valence-electron chi connectivity index (χ3n) is 7.75. The molecule has 2 aliphatic rings. The van der Waals surface area contributed by atoms with Crippen molar-refractivity contribution in [1.29, 1.82) is 0 Å². The van der Waals surface area contributed by atoms with Crippen LogP contribution in [0.5, 0.6) is 0 Å². The first-order valence-electron chi connectivity index (χ1n) is 12.4. The number of benzene rings is 2. The van der Waals surface area contributed by atoms with E-state index in [2.05, 4.69) is 29.6 Å². The molecule has 186 valence electrons. The number of carboxylic acid groups (broad SMARTS) is 1. The average molecular weight is 479 g/mol. The topological polar surface area (TPSA) is 95.9 Å². The van der Waals surface area contributed by atoms with Gasteiger partial charge < -0.3 is 20.1 Å². The van der Waals surface area contributed by atoms with E-state index >= 15 is 0 Å². The van der Waals surface area contributed by atoms with Gasteiger partial charge in [-0.05, 0) is 55.4 Å². The first-order chi connectivity index (χ1) is 16.7. The van der Waals surface area contributed by atoms with Gasteiger partial charge in [-0.3, -0.25) is 9.59 Å². The van der Waals surface area contributed by atoms with Gasteiger partial charge in [-0.1, -0.05) is 55.5 Å². The van der Waals surface area contributed by atoms with E-state index < -0.39 is 23.4 Å². The summed E-state index contributed by atoms with van der Waals surface area (Å²) >= 11 is 0. The Hall–Kier alpha value is -3.35. The number of nitrogens with zero attached hydrogens (tertiary/aromatic N) is 1. The molecule has 0 saturated carbocycles. The van der Waals surface area contributed by atoms with Crippen LogP contribution in [0, 0.1) is 11.3 Å². The van der Waals surface area contributed by atoms with Crippen LogP contribution in [0.3, 0.4) is 0 Å². The van der Waals surface area contributed by atoms with Crippen LogP contribution in [-0.4, -0.2) is 53.7 Å². The molecule has 0 aromatic heterocycles. The standard InChI is InChI=1S/C28H34N2O5/c1-4-28(3,26(33)30-14-13-19(25(31)32)15-18(30)2)17-29-27(34)35-16-24-22-11-7-5-9-20(22)21-10-6-8-12-23(21)24/h5-12,18-19,24H,4,13-17H2,1-3H3,(H,29,34)(H,31,32)/t18-,19-,28?/m1/s1. The maximum absolute atomic E-state index is 13.4. The van der Waals surface area contributed by atoms with Crippen LogP contribution in [0.25, 0.3) is 11.1 Å². The van der Waals surface area contributed by atoms with Crippen molar-refractivity contribution < 1.29 is 24.2 Å². The lowest BCUT2D eigenvalue weighted by Gasteiger charge is -2.41. The van der Waals surface area contributed by atoms with Crippen LogP contribution in [0.4, 0.5) is 4.79 Å². The number of piperidine rings is 1. The molecule has 35 heavy (non-hydrogen) atoms. The molecule has 1 unspecified atom stereocenters. The van der Waals surface area contributed by atoms with Gasteiger partial charge in [-0.15, -0.1) is 0 Å². The Morgan fingerprint density at radius 2 is 1.69 bits per heavy atom. The Bertz CT molecular complexity index is 1070. The van der Waals surface area contributed by atoms with Crippen molar-refractivity contribution in [3.8, 4) is 11.1 Å². The van der Waals surface area contributed by atoms with Gasteiger partial charge in [-0.2, -0.15) is 0 Å². The lowest BCUT2D eigenvalue weighted by atomic mass is 9.83. The fourth-order valence-electron chi connectivity index (χ4n) is 5.31. The van der Waals surface area contributed by atoms with Gasteiger partial charge in [0, 0.05) is 25.0 Å². The molecule has 1 heterocycles. The van der Waals surface area contributed by atoms with Crippen LogP contribution in [0.2, 0.25) is 0 Å². The maximum Gasteiger partial charge on any atom is 0.407 e. The van der Waals surface area contributed by atoms with E-state index in [0.717, 1.165) is 11.1 Å². The van der Waals surface area contributed by atoms with Gasteiger partial charge in [0.25, 0.3) is 0 Å². The number of amides is 2. The second kappa shape index (κ2) is 10.1. The number of rotatable bonds is 7. The Labute approximate surface area is 206 Å². The normalized spacial score (nSPS) is 20.9. The summed E-state index contributed by atoms with van der Waals surface area (Å²) in [5.74, 6) is -1.31. The van der Waals surface area contributed by atoms with E-state index in [1.54, 1.807) is 4.90 Å². The lowest BCUT2D eigenvalue weighted by molar-refractivity contribution is -0.151. The van der Waals surface area contributed by atoms with E-state index in [0.29, 0.717) is 25.8 Å². The summed E-state index contributed by atoms with van der Waals surface area (Å²) in [7, 11) is 0. The van der Waals surface area contributed by atoms with Crippen LogP contribution in [0.15, 0.2) is 48.5 Å². The highest BCUT2D eigenvalue weighted by Gasteiger charge is 2.40. The lowest BCUT2D eigenvalue weighted by Crippen LogP contribution is -2.54. The van der Waals surface area contributed by atoms with E-state index in [1.165, 1.54) is 11.1 Å². The van der Waals surface area contributed by atoms with E-state index in [-0.39, 0.29) is 31.0 Å². The molecule has 7 nitrogen and oxygen atoms in total. The molecule has 1 saturated heterocycles. The summed E-state index contributed by atoms with van der Waals surface area (Å²) in [6, 6.07) is 16.2. The number of carbonyl (C=O) groups excluding carboxylic acids is 2. The molecule has 0 bridgehead atoms. The highest BCUT2D eigenvalue weighted by atomic mass is 16.5. The monoisotopic (exact) mass is 478 g/mol. The predicted octanol–water partition coefficient (Wildman–Crippen LogP) is 4.65. The van der Waals surface area contributed by atoms with E-state index in [9.17, 15) is 19.5 Å². The summed E-state index contributed by atoms with van der Waals surface area (Å²) < 4.78 is 5.63. The number of aliphatic carboxylic acids is 1. The Morgan fingerprint density at radius 1 is 1.09 bits per heavy atom. The highest BCUT2D eigenvalue weighted by molar-refractivity contribution is 5.84. The summed E-state index contributed by atoms with van der Waals surface area (Å²) in [6.07, 6.45) is 0.893. The number of hydrogen-bond acceptors (Lipinski definition) is 4. The molecule has 1 fully saturated rings. The second-order valence-electron chi connectivity index (χ2n) is 10.0. The number of alkyl carbamates (subject to hydrolysis) is 1. The third kappa shape index (κ3) is 4.90. The SMILES string of the molecule is CCC(C)(CNC(=O)OCC1c2ccccc2-c2ccccc21)C(=O)N1CC[C@@H](C(=O)O)C[C@H]1C. The van der Waals surface area contributed by atoms with Crippen molar-refractivity contribution in [2.75, 3.05) is 19.7 Å². The Kier molecular flexibility index (Phi) is 7.15. The molecule has 2 aromatic rings. The number of likely N-dealkylation sites (tertiary alicyclic amines) is 1. The quantitative estimate of drug-likeness (QED) is 0.604. The zero-order valence-electron chi connectivity index (χ0n) is 20.6. The van der Waals surface area contributed by atoms with Crippen molar-refractivity contribution in [3.05, 3.63) is 59.7 Å². The molecule has 1 aliphatic heterocycles. The summed E-state index contributed by atoms with van der Waals surface area (Å²) in [6.45, 7) is 6.45. The number of carbonyl (C=O) groups is 3. The van der Waals surface area contributed by atoms with E-state index in [1.807, 2.05) is 45.0 Å². The second-order valence-corrected chi connectivity index (χ2v) is 10.0. The average Bonchev–Trinajstić information content (AvgIpc) is 3.19. The van der Waals surface area contributed by atoms with Crippen molar-refractivity contribution in [2.24, 2.45) is 11.3 Å². The van der Waals surface area contributed by atoms with Crippen LogP contribution in [0.1, 0.15) is 57.1 Å². The predicted molar refractivity (Wildman–Crippen MR) is 133 cm³/mol. The van der Waals surface area contributed by atoms with Gasteiger partial charge in [0.05, 0.1) is 11.3 Å². The molecular formula is C28H34N2O5. The number of carboxylic acids is 1. The molecule has 7 heteroatoms. The minimum atomic E-state index is -0.806. The molecule has 1 aliphatic carbocycles. The Morgan fingerprint density at radius 3 is 2.23 bits per heavy atom. The van der Waals surface area contributed by atoms with Crippen molar-refractivity contribution >= 4 is 18.0 Å². The number of hydrogen-bond donors (Lipinski definition) is 2. The molecule has 0 radical (unpaired) electrons. The van der Waals surface area contributed by atoms with Crippen LogP contribution < -0.4 is 5.32 Å². The van der Waals surface area contributed by atoms with Crippen LogP contribution >= 0.6 is 0 Å². The van der Waals surface area contributed by atoms with Crippen molar-refractivity contribution in [1.82, 2.24) is 10.2 Å². The highest BCUT2D eigenvalue weighted by Crippen LogP contribution is 2.44. The number of nitrogens with one attached hydrogen (secondary N) is 1. The van der Waals surface area contributed by atoms with Crippen LogP contribution in [-0.2, 0) is 14.3 Å². The van der Waals surface area contributed by atoms with Crippen molar-refractivity contribution in [2.45, 2.75) is 52.0 Å². The van der Waals surface area contributed by atoms with Gasteiger partial charge in [0.15, 0.2) is 0 Å². The summed E-state index contributed by atoms with van der Waals surface area (Å²) in [4.78, 5) is 39.1. The Balaban J connectivity index is 1.35. The molecule has 0 spiro atoms. The molecular weight excluding hydrogens is 444 g/mol. The fraction of sp³-hybridized carbons (Fsp3) is 0.464. The zero-order chi connectivity index (χ0) is 25.2. The molecule has 4 rings (SSSR count). The van der Waals surface area contributed by atoms with Gasteiger partial charge >= 0.3 is 12.1 Å². The number of ether oxygens (including phenoxy) is 1. The minimum absolute atomic E-state index is 0.0243. The van der Waals surface area contributed by atoms with E-state index in [4.69, 9.17) is 4.74 Å². The molecule has 2 aromatic carbocycles. The van der Waals surface area contributed by atoms with Crippen molar-refractivity contribution in [3.63, 3.8) is 0 Å². The summed E-state index contributed by atoms with van der Waals surface area (Å²) in [5.41, 5.74) is 3.84. The third-order valence-corrected chi connectivity index (χ3v) is 7.75. The summed E-state index contributed by atoms with van der Waals surface area (Å²) in [5, 5.41) is 12.1. The van der Waals surface area contributed by atoms with Gasteiger partial charge in [0.1, 0.15) is 6.61 Å². The zero-order valence-corrected chi connectivity index (χ0v) is 20.6. The van der Waals surface area contributed by atoms with Gasteiger partial charge in [0.2, 0.25) is 5.91 Å². The molecule has 2 N–H and O–H groups in total. The largest absolute Gasteiger partial charge is 0.481 e. The smallest absolute Gasteiger partial charge is 0.407 e. The first-order valence-corrected chi connectivity index (χ1v) is 12.4. The molecule has 2 amide bonds. The molecule has 3 atom stereocenters. The minimum Gasteiger partial charge on any atom is -0.481 e. The fourth-order valence-corrected chi connectivity index (χ4v) is 5.31. The van der Waals surface area contributed by atoms with Gasteiger partial charge in [-0.25, -0.2) is 4.79 Å².